The number of thiocarbonyl (C=S) groups is 1. The second-order valence-corrected chi connectivity index (χ2v) is 5.28. The molecule has 1 aromatic rings. The van der Waals surface area contributed by atoms with Crippen LogP contribution in [0.25, 0.3) is 0 Å². The van der Waals surface area contributed by atoms with E-state index in [1.54, 1.807) is 24.3 Å². The van der Waals surface area contributed by atoms with Gasteiger partial charge in [-0.05, 0) is 43.5 Å². The van der Waals surface area contributed by atoms with Gasteiger partial charge >= 0.3 is 6.03 Å². The van der Waals surface area contributed by atoms with Gasteiger partial charge in [-0.15, -0.1) is 0 Å². The van der Waals surface area contributed by atoms with Crippen LogP contribution in [0.5, 0.6) is 5.75 Å². The lowest BCUT2D eigenvalue weighted by atomic mass is 10.1. The van der Waals surface area contributed by atoms with Gasteiger partial charge in [0.1, 0.15) is 17.3 Å². The molecule has 2 rings (SSSR count). The van der Waals surface area contributed by atoms with Crippen molar-refractivity contribution in [1.82, 2.24) is 4.90 Å². The molecule has 0 atom stereocenters. The number of hydrogen-bond acceptors (Lipinski definition) is 3. The van der Waals surface area contributed by atoms with Crippen LogP contribution >= 0.6 is 12.2 Å². The average Bonchev–Trinajstić information content (AvgIpc) is 2.47. The normalized spacial score (nSPS) is 14.7. The lowest BCUT2D eigenvalue weighted by molar-refractivity contribution is 0.200. The number of ether oxygens (including phenoxy) is 1. The average molecular weight is 293 g/mol. The van der Waals surface area contributed by atoms with Crippen LogP contribution < -0.4 is 15.8 Å². The number of carbonyl (C=O) groups is 1. The number of hydrogen-bond donors (Lipinski definition) is 2. The Morgan fingerprint density at radius 2 is 1.90 bits per heavy atom. The van der Waals surface area contributed by atoms with Gasteiger partial charge in [0.25, 0.3) is 0 Å². The molecule has 5 nitrogen and oxygen atoms in total. The highest BCUT2D eigenvalue weighted by Gasteiger charge is 2.16. The van der Waals surface area contributed by atoms with Crippen molar-refractivity contribution in [2.75, 3.05) is 25.0 Å². The summed E-state index contributed by atoms with van der Waals surface area (Å²) in [6.45, 7) is 1.89. The standard InChI is InChI=1S/C14H19N3O2S/c15-13(20)10-19-12-6-4-11(5-7-12)16-14(18)17-8-2-1-3-9-17/h4-7H,1-3,8-10H2,(H2,15,20)(H,16,18). The Labute approximate surface area is 124 Å². The van der Waals surface area contributed by atoms with Crippen LogP contribution in [-0.2, 0) is 0 Å². The molecule has 0 radical (unpaired) electrons. The highest BCUT2D eigenvalue weighted by Crippen LogP contribution is 2.17. The maximum atomic E-state index is 12.0. The molecule has 1 aliphatic rings. The second-order valence-electron chi connectivity index (χ2n) is 4.76. The highest BCUT2D eigenvalue weighted by molar-refractivity contribution is 7.80. The van der Waals surface area contributed by atoms with Gasteiger partial charge in [0, 0.05) is 18.8 Å². The van der Waals surface area contributed by atoms with E-state index < -0.39 is 0 Å². The van der Waals surface area contributed by atoms with Crippen molar-refractivity contribution in [1.29, 1.82) is 0 Å². The van der Waals surface area contributed by atoms with E-state index in [-0.39, 0.29) is 12.6 Å². The Morgan fingerprint density at radius 3 is 2.50 bits per heavy atom. The van der Waals surface area contributed by atoms with E-state index in [1.165, 1.54) is 6.42 Å². The van der Waals surface area contributed by atoms with E-state index in [0.717, 1.165) is 31.6 Å². The van der Waals surface area contributed by atoms with Gasteiger partial charge in [0.2, 0.25) is 0 Å². The molecule has 1 aliphatic heterocycles. The summed E-state index contributed by atoms with van der Waals surface area (Å²) in [6, 6.07) is 7.13. The van der Waals surface area contributed by atoms with E-state index in [1.807, 2.05) is 4.90 Å². The third-order valence-corrected chi connectivity index (χ3v) is 3.25. The second kappa shape index (κ2) is 7.09. The molecule has 6 heteroatoms. The fourth-order valence-corrected chi connectivity index (χ4v) is 2.15. The zero-order valence-corrected chi connectivity index (χ0v) is 12.1. The van der Waals surface area contributed by atoms with E-state index in [0.29, 0.717) is 10.7 Å². The van der Waals surface area contributed by atoms with Gasteiger partial charge in [-0.1, -0.05) is 12.2 Å². The molecule has 1 fully saturated rings. The SMILES string of the molecule is NC(=S)COc1ccc(NC(=O)N2CCCCC2)cc1. The molecule has 0 bridgehead atoms. The summed E-state index contributed by atoms with van der Waals surface area (Å²) in [4.78, 5) is 14.2. The van der Waals surface area contributed by atoms with Crippen molar-refractivity contribution in [3.05, 3.63) is 24.3 Å². The number of likely N-dealkylation sites (tertiary alicyclic amines) is 1. The van der Waals surface area contributed by atoms with Crippen LogP contribution in [0.2, 0.25) is 0 Å². The summed E-state index contributed by atoms with van der Waals surface area (Å²) in [7, 11) is 0. The van der Waals surface area contributed by atoms with E-state index in [2.05, 4.69) is 5.32 Å². The van der Waals surface area contributed by atoms with Crippen molar-refractivity contribution in [2.24, 2.45) is 5.73 Å². The van der Waals surface area contributed by atoms with E-state index >= 15 is 0 Å². The van der Waals surface area contributed by atoms with Crippen molar-refractivity contribution < 1.29 is 9.53 Å². The van der Waals surface area contributed by atoms with Crippen LogP contribution in [0.15, 0.2) is 24.3 Å². The summed E-state index contributed by atoms with van der Waals surface area (Å²) < 4.78 is 5.35. The fourth-order valence-electron chi connectivity index (χ4n) is 2.09. The van der Waals surface area contributed by atoms with Gasteiger partial charge in [-0.2, -0.15) is 0 Å². The summed E-state index contributed by atoms with van der Waals surface area (Å²) in [5, 5.41) is 2.88. The van der Waals surface area contributed by atoms with E-state index in [4.69, 9.17) is 22.7 Å². The van der Waals surface area contributed by atoms with Crippen molar-refractivity contribution in [3.8, 4) is 5.75 Å². The van der Waals surface area contributed by atoms with Crippen molar-refractivity contribution >= 4 is 28.9 Å². The molecule has 108 valence electrons. The highest BCUT2D eigenvalue weighted by atomic mass is 32.1. The maximum Gasteiger partial charge on any atom is 0.321 e. The van der Waals surface area contributed by atoms with Crippen LogP contribution in [0, 0.1) is 0 Å². The Kier molecular flexibility index (Phi) is 5.17. The first kappa shape index (κ1) is 14.6. The summed E-state index contributed by atoms with van der Waals surface area (Å²) in [5.41, 5.74) is 6.12. The third-order valence-electron chi connectivity index (χ3n) is 3.13. The van der Waals surface area contributed by atoms with Gasteiger partial charge < -0.3 is 20.7 Å². The van der Waals surface area contributed by atoms with Gasteiger partial charge in [0.15, 0.2) is 0 Å². The number of nitrogens with zero attached hydrogens (tertiary/aromatic N) is 1. The molecule has 3 N–H and O–H groups in total. The number of benzene rings is 1. The monoisotopic (exact) mass is 293 g/mol. The Bertz CT molecular complexity index is 470. The summed E-state index contributed by atoms with van der Waals surface area (Å²) in [6.07, 6.45) is 3.37. The first-order valence-electron chi connectivity index (χ1n) is 6.72. The largest absolute Gasteiger partial charge is 0.487 e. The molecule has 0 aliphatic carbocycles. The summed E-state index contributed by atoms with van der Waals surface area (Å²) in [5.74, 6) is 0.675. The first-order valence-corrected chi connectivity index (χ1v) is 7.13. The molecule has 2 amide bonds. The third kappa shape index (κ3) is 4.38. The molecule has 20 heavy (non-hydrogen) atoms. The molecule has 0 spiro atoms. The zero-order valence-electron chi connectivity index (χ0n) is 11.3. The Hall–Kier alpha value is -1.82. The predicted molar refractivity (Wildman–Crippen MR) is 83.2 cm³/mol. The zero-order chi connectivity index (χ0) is 14.4. The smallest absolute Gasteiger partial charge is 0.321 e. The fraction of sp³-hybridized carbons (Fsp3) is 0.429. The number of nitrogens with two attached hydrogens (primary N) is 1. The molecular formula is C14H19N3O2S. The first-order chi connectivity index (χ1) is 9.65. The van der Waals surface area contributed by atoms with Gasteiger partial charge in [-0.3, -0.25) is 0 Å². The lowest BCUT2D eigenvalue weighted by Crippen LogP contribution is -2.38. The molecule has 1 saturated heterocycles. The maximum absolute atomic E-state index is 12.0. The number of piperidine rings is 1. The van der Waals surface area contributed by atoms with Crippen LogP contribution in [0.3, 0.4) is 0 Å². The van der Waals surface area contributed by atoms with Gasteiger partial charge in [0.05, 0.1) is 0 Å². The number of carbonyl (C=O) groups excluding carboxylic acids is 1. The van der Waals surface area contributed by atoms with Crippen LogP contribution in [-0.4, -0.2) is 35.6 Å². The number of amides is 2. The van der Waals surface area contributed by atoms with Crippen molar-refractivity contribution in [2.45, 2.75) is 19.3 Å². The predicted octanol–water partition coefficient (Wildman–Crippen LogP) is 2.37. The molecule has 0 saturated carbocycles. The number of rotatable bonds is 4. The number of urea groups is 1. The van der Waals surface area contributed by atoms with Crippen molar-refractivity contribution in [3.63, 3.8) is 0 Å². The minimum absolute atomic E-state index is 0.0403. The minimum Gasteiger partial charge on any atom is -0.487 e. The van der Waals surface area contributed by atoms with Gasteiger partial charge in [-0.25, -0.2) is 4.79 Å². The quantitative estimate of drug-likeness (QED) is 0.836. The summed E-state index contributed by atoms with van der Waals surface area (Å²) >= 11 is 4.74. The molecule has 1 heterocycles. The lowest BCUT2D eigenvalue weighted by Gasteiger charge is -2.26. The molecule has 0 aromatic heterocycles. The van der Waals surface area contributed by atoms with Crippen LogP contribution in [0.4, 0.5) is 10.5 Å². The molecule has 0 unspecified atom stereocenters. The number of anilines is 1. The minimum atomic E-state index is -0.0403. The van der Waals surface area contributed by atoms with Crippen LogP contribution in [0.1, 0.15) is 19.3 Å². The number of nitrogens with one attached hydrogen (secondary N) is 1. The Balaban J connectivity index is 1.86. The topological polar surface area (TPSA) is 67.6 Å². The molecule has 1 aromatic carbocycles. The van der Waals surface area contributed by atoms with E-state index in [9.17, 15) is 4.79 Å². The molecular weight excluding hydrogens is 274 g/mol. The Morgan fingerprint density at radius 1 is 1.25 bits per heavy atom.